The smallest absolute Gasteiger partial charge is 0.341 e. The number of hydrogen-bond acceptors (Lipinski definition) is 7. The Labute approximate surface area is 212 Å². The molecule has 0 fully saturated rings. The first-order valence-electron chi connectivity index (χ1n) is 11.8. The molecule has 196 valence electrons. The van der Waals surface area contributed by atoms with Crippen molar-refractivity contribution in [1.29, 1.82) is 0 Å². The zero-order valence-electron chi connectivity index (χ0n) is 21.8. The first-order valence-corrected chi connectivity index (χ1v) is 11.8. The number of ether oxygens (including phenoxy) is 2. The molecular weight excluding hydrogens is 462 g/mol. The van der Waals surface area contributed by atoms with Gasteiger partial charge in [-0.05, 0) is 49.1 Å². The van der Waals surface area contributed by atoms with Gasteiger partial charge in [0.25, 0.3) is 0 Å². The van der Waals surface area contributed by atoms with Gasteiger partial charge >= 0.3 is 18.0 Å². The van der Waals surface area contributed by atoms with Crippen molar-refractivity contribution in [2.75, 3.05) is 25.7 Å². The number of benzene rings is 2. The largest absolute Gasteiger partial charge is 0.493 e. The lowest BCUT2D eigenvalue weighted by Gasteiger charge is -2.24. The van der Waals surface area contributed by atoms with Gasteiger partial charge in [-0.2, -0.15) is 0 Å². The molecule has 36 heavy (non-hydrogen) atoms. The molecule has 2 aromatic rings. The molecule has 4 amide bonds. The number of carbonyl (C=O) groups excluding carboxylic acids is 3. The first-order chi connectivity index (χ1) is 17.1. The van der Waals surface area contributed by atoms with E-state index >= 15 is 0 Å². The summed E-state index contributed by atoms with van der Waals surface area (Å²) in [7, 11) is 1.26. The van der Waals surface area contributed by atoms with Gasteiger partial charge < -0.3 is 20.2 Å². The Morgan fingerprint density at radius 1 is 0.972 bits per heavy atom. The minimum absolute atomic E-state index is 0.166. The third-order valence-electron chi connectivity index (χ3n) is 5.24. The molecular formula is C26H37N5O5. The lowest BCUT2D eigenvalue weighted by Crippen LogP contribution is -2.54. The average molecular weight is 500 g/mol. The summed E-state index contributed by atoms with van der Waals surface area (Å²) in [5.41, 5.74) is 11.5. The van der Waals surface area contributed by atoms with E-state index in [1.807, 2.05) is 50.2 Å². The first kappa shape index (κ1) is 28.4. The van der Waals surface area contributed by atoms with Gasteiger partial charge in [0.05, 0.1) is 25.3 Å². The van der Waals surface area contributed by atoms with Crippen molar-refractivity contribution in [3.05, 3.63) is 59.2 Å². The third kappa shape index (κ3) is 9.10. The average Bonchev–Trinajstić information content (AvgIpc) is 2.85. The number of carbonyl (C=O) groups is 3. The molecule has 0 spiro atoms. The fraction of sp³-hybridized carbons (Fsp3) is 0.423. The molecule has 0 aliphatic carbocycles. The summed E-state index contributed by atoms with van der Waals surface area (Å²) in [5, 5.41) is 2.72. The topological polar surface area (TPSA) is 121 Å². The van der Waals surface area contributed by atoms with E-state index in [2.05, 4.69) is 35.6 Å². The maximum atomic E-state index is 12.8. The van der Waals surface area contributed by atoms with Gasteiger partial charge in [0.2, 0.25) is 0 Å². The van der Waals surface area contributed by atoms with E-state index < -0.39 is 23.9 Å². The van der Waals surface area contributed by atoms with Gasteiger partial charge in [-0.1, -0.05) is 50.6 Å². The number of urea groups is 2. The van der Waals surface area contributed by atoms with Crippen molar-refractivity contribution in [1.82, 2.24) is 21.2 Å². The predicted molar refractivity (Wildman–Crippen MR) is 138 cm³/mol. The molecule has 4 N–H and O–H groups in total. The van der Waals surface area contributed by atoms with Crippen LogP contribution in [0.15, 0.2) is 42.5 Å². The van der Waals surface area contributed by atoms with Gasteiger partial charge in [0.1, 0.15) is 5.75 Å². The number of amides is 4. The highest BCUT2D eigenvalue weighted by atomic mass is 16.5. The lowest BCUT2D eigenvalue weighted by molar-refractivity contribution is -0.144. The molecule has 0 aromatic heterocycles. The van der Waals surface area contributed by atoms with Crippen LogP contribution in [-0.2, 0) is 16.1 Å². The number of esters is 1. The van der Waals surface area contributed by atoms with E-state index in [-0.39, 0.29) is 13.1 Å². The van der Waals surface area contributed by atoms with Crippen molar-refractivity contribution >= 4 is 23.7 Å². The molecule has 0 saturated heterocycles. The molecule has 10 nitrogen and oxygen atoms in total. The predicted octanol–water partition coefficient (Wildman–Crippen LogP) is 3.90. The molecule has 0 heterocycles. The van der Waals surface area contributed by atoms with Crippen LogP contribution in [0.3, 0.4) is 0 Å². The molecule has 0 aliphatic heterocycles. The summed E-state index contributed by atoms with van der Waals surface area (Å²) in [6, 6.07) is 11.8. The highest BCUT2D eigenvalue weighted by Crippen LogP contribution is 2.22. The van der Waals surface area contributed by atoms with Gasteiger partial charge in [-0.25, -0.2) is 14.5 Å². The maximum absolute atomic E-state index is 12.8. The van der Waals surface area contributed by atoms with Crippen LogP contribution in [0.4, 0.5) is 15.3 Å². The van der Waals surface area contributed by atoms with Gasteiger partial charge in [0, 0.05) is 13.1 Å². The van der Waals surface area contributed by atoms with Crippen LogP contribution in [0.25, 0.3) is 0 Å². The van der Waals surface area contributed by atoms with Crippen LogP contribution < -0.4 is 26.4 Å². The van der Waals surface area contributed by atoms with Gasteiger partial charge in [0.15, 0.2) is 0 Å². The Hall–Kier alpha value is -3.79. The van der Waals surface area contributed by atoms with Crippen molar-refractivity contribution in [2.24, 2.45) is 11.8 Å². The quantitative estimate of drug-likeness (QED) is 0.273. The zero-order chi connectivity index (χ0) is 26.7. The number of nitrogens with zero attached hydrogens (tertiary/aromatic N) is 1. The third-order valence-corrected chi connectivity index (χ3v) is 5.24. The van der Waals surface area contributed by atoms with E-state index in [1.54, 1.807) is 13.0 Å². The summed E-state index contributed by atoms with van der Waals surface area (Å²) in [6.07, 6.45) is 0. The second kappa shape index (κ2) is 13.9. The number of aryl methyl sites for hydroxylation is 2. The highest BCUT2D eigenvalue weighted by Gasteiger charge is 2.26. The minimum atomic E-state index is -0.742. The van der Waals surface area contributed by atoms with E-state index in [9.17, 15) is 14.4 Å². The Kier molecular flexibility index (Phi) is 11.0. The summed E-state index contributed by atoms with van der Waals surface area (Å²) in [4.78, 5) is 38.5. The highest BCUT2D eigenvalue weighted by molar-refractivity contribution is 5.93. The van der Waals surface area contributed by atoms with Crippen LogP contribution in [0.2, 0.25) is 0 Å². The molecule has 0 bridgehead atoms. The maximum Gasteiger partial charge on any atom is 0.341 e. The number of anilines is 1. The normalized spacial score (nSPS) is 11.4. The fourth-order valence-corrected chi connectivity index (χ4v) is 3.16. The molecule has 1 atom stereocenters. The number of imide groups is 1. The van der Waals surface area contributed by atoms with Crippen LogP contribution in [0, 0.1) is 25.7 Å². The Morgan fingerprint density at radius 3 is 2.28 bits per heavy atom. The summed E-state index contributed by atoms with van der Waals surface area (Å²) in [5.74, 6) is -0.0372. The standard InChI is InChI=1S/C26H37N5O5/c1-17(2)16-36-23-12-11-22(13-19(23)4)28-30-29-26(34)31(15-20(5)24(32)35-6)25(33)27-14-21-9-7-18(3)8-10-21/h7-13,17,20,28,30H,14-16H2,1-6H3,(H,27,33)(H,29,34)/t20-/m0/s1. The lowest BCUT2D eigenvalue weighted by atomic mass is 10.1. The van der Waals surface area contributed by atoms with Gasteiger partial charge in [-0.3, -0.25) is 10.2 Å². The SMILES string of the molecule is COC(=O)[C@@H](C)CN(C(=O)NCc1ccc(C)cc1)C(=O)NNNc1ccc(OCC(C)C)c(C)c1. The number of rotatable bonds is 11. The number of methoxy groups -OCH3 is 1. The van der Waals surface area contributed by atoms with Crippen molar-refractivity contribution in [2.45, 2.75) is 41.2 Å². The molecule has 2 aromatic carbocycles. The van der Waals surface area contributed by atoms with Crippen molar-refractivity contribution in [3.63, 3.8) is 0 Å². The number of hydrogen-bond donors (Lipinski definition) is 4. The molecule has 0 radical (unpaired) electrons. The fourth-order valence-electron chi connectivity index (χ4n) is 3.16. The molecule has 2 rings (SSSR count). The monoisotopic (exact) mass is 499 g/mol. The summed E-state index contributed by atoms with van der Waals surface area (Å²) >= 11 is 0. The molecule has 10 heteroatoms. The molecule has 0 saturated carbocycles. The Morgan fingerprint density at radius 2 is 1.67 bits per heavy atom. The van der Waals surface area contributed by atoms with E-state index in [0.29, 0.717) is 18.2 Å². The van der Waals surface area contributed by atoms with Gasteiger partial charge in [-0.15, -0.1) is 5.53 Å². The van der Waals surface area contributed by atoms with Crippen LogP contribution >= 0.6 is 0 Å². The number of nitrogens with one attached hydrogen (secondary N) is 4. The van der Waals surface area contributed by atoms with Crippen molar-refractivity contribution in [3.8, 4) is 5.75 Å². The van der Waals surface area contributed by atoms with Crippen molar-refractivity contribution < 1.29 is 23.9 Å². The Bertz CT molecular complexity index is 1030. The second-order valence-corrected chi connectivity index (χ2v) is 9.04. The number of hydrazine groups is 2. The van der Waals surface area contributed by atoms with E-state index in [0.717, 1.165) is 27.3 Å². The molecule has 0 aliphatic rings. The summed E-state index contributed by atoms with van der Waals surface area (Å²) < 4.78 is 10.5. The molecule has 0 unspecified atom stereocenters. The second-order valence-electron chi connectivity index (χ2n) is 9.04. The van der Waals surface area contributed by atoms with Crippen LogP contribution in [0.1, 0.15) is 37.5 Å². The van der Waals surface area contributed by atoms with E-state index in [4.69, 9.17) is 9.47 Å². The van der Waals surface area contributed by atoms with Crippen LogP contribution in [-0.4, -0.2) is 43.2 Å². The van der Waals surface area contributed by atoms with Crippen LogP contribution in [0.5, 0.6) is 5.75 Å². The van der Waals surface area contributed by atoms with E-state index in [1.165, 1.54) is 7.11 Å². The minimum Gasteiger partial charge on any atom is -0.493 e. The summed E-state index contributed by atoms with van der Waals surface area (Å²) in [6.45, 7) is 10.3. The Balaban J connectivity index is 1.98. The zero-order valence-corrected chi connectivity index (χ0v) is 21.8.